The van der Waals surface area contributed by atoms with Crippen molar-refractivity contribution in [2.45, 2.75) is 46.6 Å². The molecule has 37 heavy (non-hydrogen) atoms. The summed E-state index contributed by atoms with van der Waals surface area (Å²) in [6.45, 7) is 7.87. The molecule has 0 saturated carbocycles. The van der Waals surface area contributed by atoms with Gasteiger partial charge in [0.15, 0.2) is 11.6 Å². The SMILES string of the molecule is CCC(C(=O)O)[C@@H]1N=C(c2ccc(CC(=O)c3ccncc3)cc2)c2c(sc(C)c2C)-n2c(C)nnc21. The Morgan fingerprint density at radius 2 is 1.76 bits per heavy atom. The Bertz CT molecular complexity index is 1520. The largest absolute Gasteiger partial charge is 0.481 e. The summed E-state index contributed by atoms with van der Waals surface area (Å²) in [6.07, 6.45) is 3.91. The maximum atomic E-state index is 12.7. The minimum absolute atomic E-state index is 0.0225. The first-order chi connectivity index (χ1) is 17.8. The number of Topliss-reactive ketones (excluding diaryl/α,β-unsaturated/α-hetero) is 1. The smallest absolute Gasteiger partial charge is 0.309 e. The molecule has 3 aromatic heterocycles. The second-order valence-electron chi connectivity index (χ2n) is 9.21. The molecule has 1 aliphatic heterocycles. The zero-order chi connectivity index (χ0) is 26.3. The molecule has 1 aromatic carbocycles. The second kappa shape index (κ2) is 9.82. The van der Waals surface area contributed by atoms with Gasteiger partial charge in [0.1, 0.15) is 16.9 Å². The number of rotatable bonds is 7. The number of thiophene rings is 1. The lowest BCUT2D eigenvalue weighted by Gasteiger charge is -2.18. The summed E-state index contributed by atoms with van der Waals surface area (Å²) < 4.78 is 1.97. The number of benzene rings is 1. The van der Waals surface area contributed by atoms with Gasteiger partial charge in [0.2, 0.25) is 0 Å². The molecule has 1 N–H and O–H groups in total. The average Bonchev–Trinajstić information content (AvgIpc) is 3.36. The van der Waals surface area contributed by atoms with E-state index in [2.05, 4.69) is 29.0 Å². The van der Waals surface area contributed by atoms with Crippen molar-refractivity contribution < 1.29 is 14.7 Å². The van der Waals surface area contributed by atoms with Gasteiger partial charge in [-0.2, -0.15) is 0 Å². The number of pyridine rings is 1. The summed E-state index contributed by atoms with van der Waals surface area (Å²) in [5.74, 6) is -0.391. The topological polar surface area (TPSA) is 110 Å². The van der Waals surface area contributed by atoms with Crippen LogP contribution in [-0.2, 0) is 11.2 Å². The molecule has 4 heterocycles. The first-order valence-electron chi connectivity index (χ1n) is 12.2. The van der Waals surface area contributed by atoms with E-state index in [0.29, 0.717) is 23.6 Å². The third kappa shape index (κ3) is 4.40. The number of ketones is 1. The van der Waals surface area contributed by atoms with Crippen LogP contribution in [0.3, 0.4) is 0 Å². The van der Waals surface area contributed by atoms with E-state index in [-0.39, 0.29) is 12.2 Å². The van der Waals surface area contributed by atoms with Crippen LogP contribution in [0.5, 0.6) is 0 Å². The van der Waals surface area contributed by atoms with Crippen LogP contribution >= 0.6 is 11.3 Å². The molecule has 9 heteroatoms. The standard InChI is InChI=1S/C28H27N5O3S/c1-5-21(28(35)36)25-26-32-31-17(4)33(26)27-23(15(2)16(3)37-27)24(30-25)20-8-6-18(7-9-20)14-22(34)19-10-12-29-13-11-19/h6-13,21,25H,5,14H2,1-4H3,(H,35,36)/t21?,25-/m0/s1. The Morgan fingerprint density at radius 3 is 2.41 bits per heavy atom. The molecular formula is C28H27N5O3S. The minimum atomic E-state index is -0.911. The molecule has 0 amide bonds. The third-order valence-corrected chi connectivity index (χ3v) is 8.11. The number of aliphatic imine (C=N–C) groups is 1. The van der Waals surface area contributed by atoms with Crippen LogP contribution in [0.15, 0.2) is 53.8 Å². The predicted molar refractivity (Wildman–Crippen MR) is 142 cm³/mol. The summed E-state index contributed by atoms with van der Waals surface area (Å²) >= 11 is 1.63. The molecule has 8 nitrogen and oxygen atoms in total. The van der Waals surface area contributed by atoms with Gasteiger partial charge >= 0.3 is 5.97 Å². The normalized spacial score (nSPS) is 15.4. The van der Waals surface area contributed by atoms with Crippen LogP contribution in [0.2, 0.25) is 0 Å². The molecule has 1 unspecified atom stereocenters. The highest BCUT2D eigenvalue weighted by molar-refractivity contribution is 7.15. The summed E-state index contributed by atoms with van der Waals surface area (Å²) in [4.78, 5) is 35.1. The fraction of sp³-hybridized carbons (Fsp3) is 0.286. The molecule has 188 valence electrons. The van der Waals surface area contributed by atoms with Crippen molar-refractivity contribution in [2.75, 3.05) is 0 Å². The molecule has 0 aliphatic carbocycles. The van der Waals surface area contributed by atoms with Crippen LogP contribution in [0.25, 0.3) is 5.00 Å². The Hall–Kier alpha value is -3.98. The van der Waals surface area contributed by atoms with E-state index in [1.165, 1.54) is 0 Å². The number of hydrogen-bond acceptors (Lipinski definition) is 7. The van der Waals surface area contributed by atoms with Crippen LogP contribution < -0.4 is 0 Å². The second-order valence-corrected chi connectivity index (χ2v) is 10.4. The molecule has 2 atom stereocenters. The van der Waals surface area contributed by atoms with Gasteiger partial charge in [-0.1, -0.05) is 31.2 Å². The summed E-state index contributed by atoms with van der Waals surface area (Å²) in [7, 11) is 0. The van der Waals surface area contributed by atoms with Gasteiger partial charge in [-0.15, -0.1) is 21.5 Å². The van der Waals surface area contributed by atoms with Gasteiger partial charge in [0.05, 0.1) is 11.6 Å². The van der Waals surface area contributed by atoms with Crippen LogP contribution in [0.1, 0.15) is 68.5 Å². The average molecular weight is 514 g/mol. The summed E-state index contributed by atoms with van der Waals surface area (Å²) in [6, 6.07) is 10.5. The Morgan fingerprint density at radius 1 is 1.05 bits per heavy atom. The van der Waals surface area contributed by atoms with Gasteiger partial charge in [0, 0.05) is 40.4 Å². The number of fused-ring (bicyclic) bond motifs is 3. The van der Waals surface area contributed by atoms with Gasteiger partial charge in [-0.3, -0.25) is 24.1 Å². The number of carbonyl (C=O) groups excluding carboxylic acids is 1. The highest BCUT2D eigenvalue weighted by atomic mass is 32.1. The first kappa shape index (κ1) is 24.7. The van der Waals surface area contributed by atoms with Crippen molar-refractivity contribution in [3.05, 3.63) is 93.1 Å². The zero-order valence-electron chi connectivity index (χ0n) is 21.1. The summed E-state index contributed by atoms with van der Waals surface area (Å²) in [5, 5.41) is 19.7. The van der Waals surface area contributed by atoms with E-state index in [4.69, 9.17) is 4.99 Å². The number of carboxylic acids is 1. The van der Waals surface area contributed by atoms with Crippen LogP contribution in [-0.4, -0.2) is 42.3 Å². The number of carboxylic acid groups (broad SMARTS) is 1. The Labute approximate surface area is 218 Å². The number of carbonyl (C=O) groups is 2. The van der Waals surface area contributed by atoms with Crippen LogP contribution in [0, 0.1) is 26.7 Å². The van der Waals surface area contributed by atoms with E-state index in [1.54, 1.807) is 35.9 Å². The molecule has 0 fully saturated rings. The minimum Gasteiger partial charge on any atom is -0.481 e. The Balaban J connectivity index is 1.61. The predicted octanol–water partition coefficient (Wildman–Crippen LogP) is 5.08. The van der Waals surface area contributed by atoms with Crippen molar-refractivity contribution >= 4 is 28.8 Å². The molecule has 1 aliphatic rings. The molecule has 5 rings (SSSR count). The fourth-order valence-electron chi connectivity index (χ4n) is 4.76. The van der Waals surface area contributed by atoms with Gasteiger partial charge in [0.25, 0.3) is 0 Å². The van der Waals surface area contributed by atoms with Crippen molar-refractivity contribution in [3.63, 3.8) is 0 Å². The van der Waals surface area contributed by atoms with E-state index >= 15 is 0 Å². The maximum Gasteiger partial charge on any atom is 0.309 e. The number of nitrogens with zero attached hydrogens (tertiary/aromatic N) is 5. The van der Waals surface area contributed by atoms with E-state index in [1.807, 2.05) is 42.7 Å². The van der Waals surface area contributed by atoms with Gasteiger partial charge in [-0.05, 0) is 50.5 Å². The molecule has 4 aromatic rings. The molecule has 0 spiro atoms. The van der Waals surface area contributed by atoms with Crippen molar-refractivity contribution in [2.24, 2.45) is 10.9 Å². The lowest BCUT2D eigenvalue weighted by atomic mass is 9.95. The maximum absolute atomic E-state index is 12.7. The molecule has 0 radical (unpaired) electrons. The lowest BCUT2D eigenvalue weighted by molar-refractivity contribution is -0.142. The van der Waals surface area contributed by atoms with Gasteiger partial charge < -0.3 is 5.11 Å². The number of aliphatic carboxylic acids is 1. The van der Waals surface area contributed by atoms with Gasteiger partial charge in [-0.25, -0.2) is 0 Å². The van der Waals surface area contributed by atoms with Crippen LogP contribution in [0.4, 0.5) is 0 Å². The van der Waals surface area contributed by atoms with E-state index < -0.39 is 17.9 Å². The van der Waals surface area contributed by atoms with Crippen molar-refractivity contribution in [1.82, 2.24) is 19.7 Å². The number of aromatic nitrogens is 4. The van der Waals surface area contributed by atoms with E-state index in [9.17, 15) is 14.7 Å². The Kier molecular flexibility index (Phi) is 6.55. The van der Waals surface area contributed by atoms with Crippen molar-refractivity contribution in [3.8, 4) is 5.00 Å². The zero-order valence-corrected chi connectivity index (χ0v) is 21.9. The third-order valence-electron chi connectivity index (χ3n) is 6.92. The number of hydrogen-bond donors (Lipinski definition) is 1. The fourth-order valence-corrected chi connectivity index (χ4v) is 5.97. The monoisotopic (exact) mass is 513 g/mol. The lowest BCUT2D eigenvalue weighted by Crippen LogP contribution is -2.23. The first-order valence-corrected chi connectivity index (χ1v) is 13.0. The van der Waals surface area contributed by atoms with E-state index in [0.717, 1.165) is 37.8 Å². The molecular weight excluding hydrogens is 486 g/mol. The quantitative estimate of drug-likeness (QED) is 0.345. The highest BCUT2D eigenvalue weighted by Crippen LogP contribution is 2.41. The summed E-state index contributed by atoms with van der Waals surface area (Å²) in [5.41, 5.74) is 5.18. The highest BCUT2D eigenvalue weighted by Gasteiger charge is 2.37. The molecule has 0 bridgehead atoms. The van der Waals surface area contributed by atoms with Crippen molar-refractivity contribution in [1.29, 1.82) is 0 Å². The number of aryl methyl sites for hydroxylation is 2. The molecule has 0 saturated heterocycles.